The van der Waals surface area contributed by atoms with E-state index in [-0.39, 0.29) is 11.1 Å². The molecule has 2 N–H and O–H groups in total. The number of rotatable bonds is 2. The van der Waals surface area contributed by atoms with Gasteiger partial charge in [-0.1, -0.05) is 30.3 Å². The SMILES string of the molecule is CC(=O)NC1=NNC(c2ccccc2)(S(C)(=O)=O)S1. The van der Waals surface area contributed by atoms with Crippen LogP contribution in [0.25, 0.3) is 0 Å². The first kappa shape index (κ1) is 13.9. The van der Waals surface area contributed by atoms with E-state index in [4.69, 9.17) is 0 Å². The average Bonchev–Trinajstić information content (AvgIpc) is 2.74. The maximum Gasteiger partial charge on any atom is 0.234 e. The number of amides is 1. The summed E-state index contributed by atoms with van der Waals surface area (Å²) in [5, 5.41) is 6.61. The molecule has 2 rings (SSSR count). The minimum Gasteiger partial charge on any atom is -0.304 e. The van der Waals surface area contributed by atoms with Crippen LogP contribution in [0.1, 0.15) is 12.5 Å². The van der Waals surface area contributed by atoms with E-state index in [9.17, 15) is 13.2 Å². The summed E-state index contributed by atoms with van der Waals surface area (Å²) in [6, 6.07) is 8.71. The number of thioether (sulfide) groups is 1. The quantitative estimate of drug-likeness (QED) is 0.834. The van der Waals surface area contributed by atoms with Crippen LogP contribution < -0.4 is 10.7 Å². The molecule has 0 aliphatic carbocycles. The summed E-state index contributed by atoms with van der Waals surface area (Å²) in [6.45, 7) is 1.34. The van der Waals surface area contributed by atoms with Crippen molar-refractivity contribution in [1.82, 2.24) is 10.7 Å². The average molecular weight is 299 g/mol. The zero-order valence-electron chi connectivity index (χ0n) is 10.4. The summed E-state index contributed by atoms with van der Waals surface area (Å²) in [7, 11) is -3.50. The molecule has 0 saturated carbocycles. The highest BCUT2D eigenvalue weighted by molar-refractivity contribution is 8.23. The monoisotopic (exact) mass is 299 g/mol. The van der Waals surface area contributed by atoms with Gasteiger partial charge in [0, 0.05) is 18.7 Å². The van der Waals surface area contributed by atoms with Crippen LogP contribution in [0.2, 0.25) is 0 Å². The maximum atomic E-state index is 12.1. The molecular weight excluding hydrogens is 286 g/mol. The molecule has 0 fully saturated rings. The van der Waals surface area contributed by atoms with Crippen molar-refractivity contribution in [2.24, 2.45) is 5.10 Å². The Bertz CT molecular complexity index is 628. The molecule has 0 bridgehead atoms. The number of hydrogen-bond donors (Lipinski definition) is 2. The standard InChI is InChI=1S/C11H13N3O3S2/c1-8(15)12-10-13-14-11(18-10,19(2,16)17)9-6-4-3-5-7-9/h3-7,14H,1-2H3,(H,12,13,15). The normalized spacial score (nSPS) is 22.5. The molecule has 1 atom stereocenters. The second-order valence-electron chi connectivity index (χ2n) is 4.07. The third kappa shape index (κ3) is 2.59. The highest BCUT2D eigenvalue weighted by Gasteiger charge is 2.48. The number of benzene rings is 1. The van der Waals surface area contributed by atoms with E-state index in [0.717, 1.165) is 18.0 Å². The molecule has 19 heavy (non-hydrogen) atoms. The molecule has 1 aliphatic rings. The Labute approximate surface area is 115 Å². The van der Waals surface area contributed by atoms with Crippen LogP contribution in [-0.4, -0.2) is 25.7 Å². The van der Waals surface area contributed by atoms with Gasteiger partial charge in [-0.2, -0.15) is 5.10 Å². The Hall–Kier alpha value is -1.54. The van der Waals surface area contributed by atoms with Gasteiger partial charge in [0.1, 0.15) is 0 Å². The van der Waals surface area contributed by atoms with Crippen molar-refractivity contribution in [3.63, 3.8) is 0 Å². The summed E-state index contributed by atoms with van der Waals surface area (Å²) in [4.78, 5) is 11.0. The number of hydrazone groups is 1. The smallest absolute Gasteiger partial charge is 0.234 e. The van der Waals surface area contributed by atoms with Crippen LogP contribution in [0.5, 0.6) is 0 Å². The number of amidine groups is 1. The fourth-order valence-corrected chi connectivity index (χ4v) is 4.19. The molecule has 0 saturated heterocycles. The second kappa shape index (κ2) is 4.86. The van der Waals surface area contributed by atoms with Crippen molar-refractivity contribution < 1.29 is 13.2 Å². The minimum absolute atomic E-state index is 0.238. The zero-order valence-corrected chi connectivity index (χ0v) is 12.0. The van der Waals surface area contributed by atoms with Gasteiger partial charge in [-0.3, -0.25) is 10.2 Å². The van der Waals surface area contributed by atoms with E-state index in [0.29, 0.717) is 5.56 Å². The first-order chi connectivity index (χ1) is 8.85. The third-order valence-corrected chi connectivity index (χ3v) is 6.03. The predicted molar refractivity (Wildman–Crippen MR) is 74.9 cm³/mol. The minimum atomic E-state index is -3.50. The van der Waals surface area contributed by atoms with E-state index in [1.54, 1.807) is 30.3 Å². The first-order valence-corrected chi connectivity index (χ1v) is 8.12. The summed E-state index contributed by atoms with van der Waals surface area (Å²) < 4.78 is 22.8. The van der Waals surface area contributed by atoms with Crippen molar-refractivity contribution in [1.29, 1.82) is 0 Å². The molecule has 1 aromatic carbocycles. The lowest BCUT2D eigenvalue weighted by atomic mass is 10.2. The van der Waals surface area contributed by atoms with Gasteiger partial charge in [0.25, 0.3) is 0 Å². The van der Waals surface area contributed by atoms with E-state index in [1.165, 1.54) is 6.92 Å². The fourth-order valence-electron chi connectivity index (χ4n) is 1.66. The van der Waals surface area contributed by atoms with Crippen molar-refractivity contribution in [3.05, 3.63) is 35.9 Å². The number of hydrogen-bond acceptors (Lipinski definition) is 6. The van der Waals surface area contributed by atoms with Gasteiger partial charge >= 0.3 is 0 Å². The molecule has 8 heteroatoms. The van der Waals surface area contributed by atoms with Crippen molar-refractivity contribution in [3.8, 4) is 0 Å². The molecule has 1 aromatic rings. The number of sulfone groups is 1. The molecule has 0 spiro atoms. The molecule has 1 heterocycles. The lowest BCUT2D eigenvalue weighted by Crippen LogP contribution is -2.41. The highest BCUT2D eigenvalue weighted by atomic mass is 32.3. The largest absolute Gasteiger partial charge is 0.304 e. The van der Waals surface area contributed by atoms with Crippen LogP contribution in [-0.2, 0) is 18.8 Å². The van der Waals surface area contributed by atoms with Crippen molar-refractivity contribution in [2.75, 3.05) is 6.26 Å². The van der Waals surface area contributed by atoms with E-state index in [1.807, 2.05) is 0 Å². The lowest BCUT2D eigenvalue weighted by Gasteiger charge is -2.25. The number of nitrogens with one attached hydrogen (secondary N) is 2. The summed E-state index contributed by atoms with van der Waals surface area (Å²) in [6.07, 6.45) is 1.13. The van der Waals surface area contributed by atoms with Gasteiger partial charge in [0.2, 0.25) is 10.1 Å². The van der Waals surface area contributed by atoms with Crippen LogP contribution in [0.15, 0.2) is 35.4 Å². The Morgan fingerprint density at radius 2 is 2.00 bits per heavy atom. The number of carbonyl (C=O) groups excluding carboxylic acids is 1. The zero-order chi connectivity index (χ0) is 14.1. The Morgan fingerprint density at radius 3 is 2.53 bits per heavy atom. The molecule has 1 unspecified atom stereocenters. The van der Waals surface area contributed by atoms with Gasteiger partial charge in [-0.15, -0.1) is 0 Å². The lowest BCUT2D eigenvalue weighted by molar-refractivity contribution is -0.117. The first-order valence-electron chi connectivity index (χ1n) is 5.42. The molecule has 1 amide bonds. The summed E-state index contributed by atoms with van der Waals surface area (Å²) in [5.41, 5.74) is 3.19. The summed E-state index contributed by atoms with van der Waals surface area (Å²) in [5.74, 6) is -0.301. The highest BCUT2D eigenvalue weighted by Crippen LogP contribution is 2.42. The van der Waals surface area contributed by atoms with E-state index in [2.05, 4.69) is 15.8 Å². The van der Waals surface area contributed by atoms with Gasteiger partial charge in [-0.05, 0) is 11.8 Å². The van der Waals surface area contributed by atoms with E-state index < -0.39 is 14.0 Å². The van der Waals surface area contributed by atoms with Crippen molar-refractivity contribution >= 4 is 32.7 Å². The predicted octanol–water partition coefficient (Wildman–Crippen LogP) is 0.585. The molecule has 6 nitrogen and oxygen atoms in total. The van der Waals surface area contributed by atoms with Gasteiger partial charge in [-0.25, -0.2) is 8.42 Å². The number of carbonyl (C=O) groups is 1. The maximum absolute atomic E-state index is 12.1. The summed E-state index contributed by atoms with van der Waals surface area (Å²) >= 11 is 0.965. The van der Waals surface area contributed by atoms with Gasteiger partial charge < -0.3 is 5.32 Å². The molecule has 102 valence electrons. The third-order valence-electron chi connectivity index (χ3n) is 2.50. The molecule has 1 aliphatic heterocycles. The Kier molecular flexibility index (Phi) is 3.55. The van der Waals surface area contributed by atoms with Crippen molar-refractivity contribution in [2.45, 2.75) is 11.1 Å². The molecule has 0 aromatic heterocycles. The van der Waals surface area contributed by atoms with Crippen LogP contribution in [0.3, 0.4) is 0 Å². The Balaban J connectivity index is 2.40. The molecular formula is C11H13N3O3S2. The molecule has 0 radical (unpaired) electrons. The number of nitrogens with zero attached hydrogens (tertiary/aromatic N) is 1. The van der Waals surface area contributed by atoms with Crippen LogP contribution >= 0.6 is 11.8 Å². The van der Waals surface area contributed by atoms with E-state index >= 15 is 0 Å². The van der Waals surface area contributed by atoms with Gasteiger partial charge in [0.05, 0.1) is 0 Å². The Morgan fingerprint density at radius 1 is 1.37 bits per heavy atom. The van der Waals surface area contributed by atoms with Gasteiger partial charge in [0.15, 0.2) is 15.0 Å². The fraction of sp³-hybridized carbons (Fsp3) is 0.273. The van der Waals surface area contributed by atoms with Crippen LogP contribution in [0, 0.1) is 0 Å². The van der Waals surface area contributed by atoms with Crippen LogP contribution in [0.4, 0.5) is 0 Å². The topological polar surface area (TPSA) is 87.6 Å². The second-order valence-corrected chi connectivity index (χ2v) is 7.69.